The molecule has 1 saturated heterocycles. The number of anilines is 3. The quantitative estimate of drug-likeness (QED) is 0.244. The second-order valence-corrected chi connectivity index (χ2v) is 14.8. The Morgan fingerprint density at radius 3 is 2.50 bits per heavy atom. The highest BCUT2D eigenvalue weighted by atomic mass is 32.2. The molecule has 4 N–H and O–H groups in total. The van der Waals surface area contributed by atoms with Gasteiger partial charge in [-0.3, -0.25) is 14.4 Å². The third-order valence-electron chi connectivity index (χ3n) is 8.93. The van der Waals surface area contributed by atoms with Crippen molar-refractivity contribution in [2.24, 2.45) is 0 Å². The third kappa shape index (κ3) is 6.90. The van der Waals surface area contributed by atoms with E-state index in [1.807, 2.05) is 49.1 Å². The van der Waals surface area contributed by atoms with E-state index in [-0.39, 0.29) is 42.2 Å². The van der Waals surface area contributed by atoms with Crippen LogP contribution in [0.3, 0.4) is 0 Å². The van der Waals surface area contributed by atoms with E-state index in [0.29, 0.717) is 35.7 Å². The number of sulfone groups is 1. The number of pyridine rings is 1. The van der Waals surface area contributed by atoms with Crippen LogP contribution in [-0.2, 0) is 21.2 Å². The second-order valence-electron chi connectivity index (χ2n) is 12.5. The van der Waals surface area contributed by atoms with Crippen molar-refractivity contribution in [2.45, 2.75) is 45.4 Å². The highest BCUT2D eigenvalue weighted by Gasteiger charge is 2.37. The third-order valence-corrected chi connectivity index (χ3v) is 9.86. The summed E-state index contributed by atoms with van der Waals surface area (Å²) >= 11 is 0. The molecule has 1 amide bonds. The maximum Gasteiger partial charge on any atom is 0.257 e. The molecule has 0 saturated carbocycles. The van der Waals surface area contributed by atoms with Gasteiger partial charge < -0.3 is 35.5 Å². The van der Waals surface area contributed by atoms with Crippen molar-refractivity contribution < 1.29 is 22.7 Å². The largest absolute Gasteiger partial charge is 0.485 e. The number of aromatic nitrogens is 1. The smallest absolute Gasteiger partial charge is 0.257 e. The molecule has 3 aliphatic heterocycles. The van der Waals surface area contributed by atoms with Crippen molar-refractivity contribution in [2.75, 3.05) is 60.7 Å². The topological polar surface area (TPSA) is 153 Å². The summed E-state index contributed by atoms with van der Waals surface area (Å²) in [6.45, 7) is 6.36. The number of carbonyl (C=O) groups excluding carboxylic acids is 2. The number of carbonyl (C=O) groups is 2. The number of H-pyrrole nitrogens is 1. The summed E-state index contributed by atoms with van der Waals surface area (Å²) in [5.41, 5.74) is 5.77. The van der Waals surface area contributed by atoms with Crippen LogP contribution < -0.4 is 26.2 Å². The van der Waals surface area contributed by atoms with E-state index in [1.165, 1.54) is 12.5 Å². The van der Waals surface area contributed by atoms with Crippen LogP contribution in [0.4, 0.5) is 17.1 Å². The molecule has 244 valence electrons. The molecular weight excluding hydrogens is 608 g/mol. The fraction of sp³-hybridized carbons (Fsp3) is 0.424. The Bertz CT molecular complexity index is 1830. The van der Waals surface area contributed by atoms with E-state index in [0.717, 1.165) is 54.0 Å². The molecule has 1 fully saturated rings. The number of nitrogens with one attached hydrogen (secondary N) is 4. The van der Waals surface area contributed by atoms with Crippen LogP contribution in [0.5, 0.6) is 5.75 Å². The number of rotatable bonds is 11. The molecule has 0 bridgehead atoms. The molecule has 2 aromatic carbocycles. The highest BCUT2D eigenvalue weighted by Crippen LogP contribution is 2.41. The highest BCUT2D eigenvalue weighted by molar-refractivity contribution is 7.90. The number of amides is 1. The minimum absolute atomic E-state index is 0.0147. The number of ketones is 1. The number of Topliss-reactive ketones (excluding diaryl/α,β-unsaturated/α-hetero) is 1. The normalized spacial score (nSPS) is 18.1. The number of aromatic amines is 1. The Hall–Kier alpha value is -4.36. The maximum absolute atomic E-state index is 13.5. The summed E-state index contributed by atoms with van der Waals surface area (Å²) in [4.78, 5) is 46.0. The molecule has 3 aliphatic rings. The monoisotopic (exact) mass is 648 g/mol. The number of fused-ring (bicyclic) bond motifs is 2. The average molecular weight is 649 g/mol. The van der Waals surface area contributed by atoms with Crippen LogP contribution in [0.25, 0.3) is 0 Å². The predicted molar refractivity (Wildman–Crippen MR) is 177 cm³/mol. The molecule has 1 atom stereocenters. The number of aryl methyl sites for hydroxylation is 2. The van der Waals surface area contributed by atoms with Gasteiger partial charge in [0.05, 0.1) is 29.2 Å². The van der Waals surface area contributed by atoms with Gasteiger partial charge >= 0.3 is 0 Å². The molecule has 4 heterocycles. The van der Waals surface area contributed by atoms with Crippen LogP contribution >= 0.6 is 0 Å². The molecule has 46 heavy (non-hydrogen) atoms. The van der Waals surface area contributed by atoms with Gasteiger partial charge in [0.2, 0.25) is 0 Å². The van der Waals surface area contributed by atoms with Gasteiger partial charge in [0.1, 0.15) is 28.4 Å². The first-order valence-corrected chi connectivity index (χ1v) is 17.6. The Balaban J connectivity index is 1.07. The summed E-state index contributed by atoms with van der Waals surface area (Å²) in [6.07, 6.45) is 3.81. The van der Waals surface area contributed by atoms with Gasteiger partial charge in [-0.25, -0.2) is 8.42 Å². The summed E-state index contributed by atoms with van der Waals surface area (Å²) in [5, 5.41) is 9.83. The first-order valence-electron chi connectivity index (χ1n) is 15.5. The lowest BCUT2D eigenvalue weighted by molar-refractivity contribution is -0.119. The molecule has 13 heteroatoms. The lowest BCUT2D eigenvalue weighted by atomic mass is 10.0. The molecule has 1 aromatic heterocycles. The number of likely N-dealkylation sites (tertiary alicyclic amines) is 1. The van der Waals surface area contributed by atoms with Crippen LogP contribution in [0.2, 0.25) is 0 Å². The fourth-order valence-electron chi connectivity index (χ4n) is 6.45. The number of ether oxygens (including phenoxy) is 1. The maximum atomic E-state index is 13.5. The van der Waals surface area contributed by atoms with Crippen molar-refractivity contribution in [3.63, 3.8) is 0 Å². The van der Waals surface area contributed by atoms with Crippen molar-refractivity contribution in [1.82, 2.24) is 14.8 Å². The first-order chi connectivity index (χ1) is 21.9. The van der Waals surface area contributed by atoms with E-state index in [9.17, 15) is 22.8 Å². The molecule has 1 unspecified atom stereocenters. The lowest BCUT2D eigenvalue weighted by Crippen LogP contribution is -2.45. The van der Waals surface area contributed by atoms with Crippen LogP contribution in [0, 0.1) is 13.8 Å². The second kappa shape index (κ2) is 12.8. The number of hydrogen-bond acceptors (Lipinski definition) is 10. The van der Waals surface area contributed by atoms with Gasteiger partial charge in [0.15, 0.2) is 5.78 Å². The van der Waals surface area contributed by atoms with Gasteiger partial charge in [-0.15, -0.1) is 0 Å². The summed E-state index contributed by atoms with van der Waals surface area (Å²) in [7, 11) is -3.01. The Labute approximate surface area is 268 Å². The van der Waals surface area contributed by atoms with Crippen molar-refractivity contribution in [1.29, 1.82) is 0 Å². The van der Waals surface area contributed by atoms with Crippen LogP contribution in [-0.4, -0.2) is 85.7 Å². The Morgan fingerprint density at radius 2 is 1.78 bits per heavy atom. The molecule has 0 radical (unpaired) electrons. The van der Waals surface area contributed by atoms with E-state index < -0.39 is 16.0 Å². The lowest BCUT2D eigenvalue weighted by Gasteiger charge is -2.36. The molecule has 12 nitrogen and oxygen atoms in total. The average Bonchev–Trinajstić information content (AvgIpc) is 3.57. The van der Waals surface area contributed by atoms with Crippen molar-refractivity contribution >= 4 is 38.6 Å². The molecule has 3 aromatic rings. The van der Waals surface area contributed by atoms with Gasteiger partial charge in [-0.05, 0) is 62.1 Å². The zero-order chi connectivity index (χ0) is 32.6. The van der Waals surface area contributed by atoms with Gasteiger partial charge in [-0.2, -0.15) is 0 Å². The van der Waals surface area contributed by atoms with E-state index in [2.05, 4.69) is 25.8 Å². The summed E-state index contributed by atoms with van der Waals surface area (Å²) in [6, 6.07) is 11.4. The van der Waals surface area contributed by atoms with Gasteiger partial charge in [0, 0.05) is 55.9 Å². The van der Waals surface area contributed by atoms with Crippen LogP contribution in [0.1, 0.15) is 51.6 Å². The number of hydrogen-bond donors (Lipinski definition) is 4. The van der Waals surface area contributed by atoms with Crippen LogP contribution in [0.15, 0.2) is 47.4 Å². The first kappa shape index (κ1) is 31.6. The zero-order valence-corrected chi connectivity index (χ0v) is 27.1. The van der Waals surface area contributed by atoms with E-state index in [4.69, 9.17) is 4.74 Å². The summed E-state index contributed by atoms with van der Waals surface area (Å²) in [5.74, 6) is 0.625. The van der Waals surface area contributed by atoms with Crippen molar-refractivity contribution in [3.05, 3.63) is 80.8 Å². The van der Waals surface area contributed by atoms with Crippen molar-refractivity contribution in [3.8, 4) is 5.75 Å². The number of piperidine rings is 1. The zero-order valence-electron chi connectivity index (χ0n) is 26.3. The standard InChI is InChI=1S/C33H40N6O6S/c1-20-4-5-29(21(2)14-20)45-19-24(40)17-35-26-6-9-34-32(41)30(26)31-36-27-15-22-18-39(33(42)25(22)16-28(27)37-31)23-7-10-38(11-8-23)12-13-46(3,43)44/h4-6,9,14-16,23,31,36-37H,7-8,10-13,17-19H2,1-3H3,(H2,34,35,41). The number of nitrogens with zero attached hydrogens (tertiary/aromatic N) is 2. The Kier molecular flexibility index (Phi) is 8.80. The van der Waals surface area contributed by atoms with Gasteiger partial charge in [-0.1, -0.05) is 17.7 Å². The fourth-order valence-corrected chi connectivity index (χ4v) is 7.04. The molecule has 6 rings (SSSR count). The minimum Gasteiger partial charge on any atom is -0.485 e. The molecular formula is C33H40N6O6S. The molecule has 0 spiro atoms. The van der Waals surface area contributed by atoms with E-state index >= 15 is 0 Å². The number of benzene rings is 2. The SMILES string of the molecule is Cc1ccc(OCC(=O)CNc2cc[nH]c(=O)c2C2Nc3cc4c(cc3N2)C(=O)N(C2CCN(CCS(C)(=O)=O)CC2)C4)c(C)c1. The molecule has 0 aliphatic carbocycles. The predicted octanol–water partition coefficient (Wildman–Crippen LogP) is 3.05. The van der Waals surface area contributed by atoms with Gasteiger partial charge in [0.25, 0.3) is 11.5 Å². The minimum atomic E-state index is -3.01. The summed E-state index contributed by atoms with van der Waals surface area (Å²) < 4.78 is 28.8. The Morgan fingerprint density at radius 1 is 1.04 bits per heavy atom. The van der Waals surface area contributed by atoms with E-state index in [1.54, 1.807) is 6.07 Å².